The lowest BCUT2D eigenvalue weighted by molar-refractivity contribution is 0.667. The first kappa shape index (κ1) is 9.43. The van der Waals surface area contributed by atoms with Crippen molar-refractivity contribution < 1.29 is 0 Å². The Hall–Kier alpha value is -0.660. The molecule has 0 aromatic carbocycles. The molecule has 2 N–H and O–H groups in total. The van der Waals surface area contributed by atoms with Gasteiger partial charge in [0.05, 0.1) is 0 Å². The highest BCUT2D eigenvalue weighted by atomic mass is 14.5. The Morgan fingerprint density at radius 1 is 1.42 bits per heavy atom. The summed E-state index contributed by atoms with van der Waals surface area (Å²) < 4.78 is 0. The summed E-state index contributed by atoms with van der Waals surface area (Å²) in [5.41, 5.74) is 1.57. The fourth-order valence-corrected chi connectivity index (χ4v) is 1.82. The van der Waals surface area contributed by atoms with Crippen LogP contribution in [-0.2, 0) is 0 Å². The zero-order valence-corrected chi connectivity index (χ0v) is 7.82. The van der Waals surface area contributed by atoms with Gasteiger partial charge in [0.25, 0.3) is 0 Å². The van der Waals surface area contributed by atoms with Gasteiger partial charge in [0, 0.05) is 17.3 Å². The van der Waals surface area contributed by atoms with E-state index in [0.717, 1.165) is 37.1 Å². The van der Waals surface area contributed by atoms with Crippen molar-refractivity contribution in [2.24, 2.45) is 5.92 Å². The van der Waals surface area contributed by atoms with Crippen molar-refractivity contribution >= 4 is 11.4 Å². The first-order chi connectivity index (χ1) is 5.75. The third kappa shape index (κ3) is 2.16. The van der Waals surface area contributed by atoms with Gasteiger partial charge in [-0.3, -0.25) is 0 Å². The van der Waals surface area contributed by atoms with E-state index in [-0.39, 0.29) is 5.92 Å². The van der Waals surface area contributed by atoms with Gasteiger partial charge in [-0.25, -0.2) is 0 Å². The zero-order valence-electron chi connectivity index (χ0n) is 7.82. The van der Waals surface area contributed by atoms with E-state index in [1.165, 1.54) is 12.8 Å². The second-order valence-electron chi connectivity index (χ2n) is 3.56. The van der Waals surface area contributed by atoms with Gasteiger partial charge in [-0.15, -0.1) is 0 Å². The highest BCUT2D eigenvalue weighted by Crippen LogP contribution is 2.21. The van der Waals surface area contributed by atoms with Gasteiger partial charge in [-0.2, -0.15) is 0 Å². The van der Waals surface area contributed by atoms with Crippen molar-refractivity contribution in [2.45, 2.75) is 45.4 Å². The highest BCUT2D eigenvalue weighted by molar-refractivity contribution is 6.04. The topological polar surface area (TPSA) is 47.7 Å². The molecule has 1 unspecified atom stereocenters. The number of nitrogens with one attached hydrogen (secondary N) is 2. The van der Waals surface area contributed by atoms with Crippen LogP contribution in [0.1, 0.15) is 45.4 Å². The third-order valence-corrected chi connectivity index (χ3v) is 2.66. The van der Waals surface area contributed by atoms with Gasteiger partial charge in [0.2, 0.25) is 0 Å². The first-order valence-electron chi connectivity index (χ1n) is 4.90. The average molecular weight is 166 g/mol. The Morgan fingerprint density at radius 3 is 2.83 bits per heavy atom. The van der Waals surface area contributed by atoms with Crippen LogP contribution in [0.2, 0.25) is 0 Å². The van der Waals surface area contributed by atoms with E-state index < -0.39 is 0 Å². The third-order valence-electron chi connectivity index (χ3n) is 2.66. The van der Waals surface area contributed by atoms with Crippen LogP contribution in [0.4, 0.5) is 0 Å². The molecular weight excluding hydrogens is 148 g/mol. The van der Waals surface area contributed by atoms with Crippen LogP contribution in [0.5, 0.6) is 0 Å². The zero-order chi connectivity index (χ0) is 8.97. The minimum Gasteiger partial charge on any atom is -0.309 e. The Labute approximate surface area is 74.4 Å². The van der Waals surface area contributed by atoms with E-state index >= 15 is 0 Å². The molecule has 2 heteroatoms. The molecule has 1 aliphatic rings. The van der Waals surface area contributed by atoms with Crippen molar-refractivity contribution in [1.29, 1.82) is 10.8 Å². The molecule has 68 valence electrons. The summed E-state index contributed by atoms with van der Waals surface area (Å²) in [5.74, 6) is 0.192. The first-order valence-corrected chi connectivity index (χ1v) is 4.90. The molecule has 12 heavy (non-hydrogen) atoms. The normalized spacial score (nSPS) is 25.1. The van der Waals surface area contributed by atoms with E-state index in [2.05, 4.69) is 0 Å². The maximum atomic E-state index is 7.78. The van der Waals surface area contributed by atoms with Gasteiger partial charge < -0.3 is 10.8 Å². The van der Waals surface area contributed by atoms with E-state index in [1.54, 1.807) is 0 Å². The highest BCUT2D eigenvalue weighted by Gasteiger charge is 2.20. The molecule has 1 aliphatic carbocycles. The van der Waals surface area contributed by atoms with E-state index in [1.807, 2.05) is 6.92 Å². The summed E-state index contributed by atoms with van der Waals surface area (Å²) in [7, 11) is 0. The predicted molar refractivity (Wildman–Crippen MR) is 52.3 cm³/mol. The summed E-state index contributed by atoms with van der Waals surface area (Å²) in [6.45, 7) is 2.01. The predicted octanol–water partition coefficient (Wildman–Crippen LogP) is 3.02. The minimum absolute atomic E-state index is 0.192. The molecule has 0 amide bonds. The van der Waals surface area contributed by atoms with Crippen LogP contribution in [-0.4, -0.2) is 11.4 Å². The second-order valence-corrected chi connectivity index (χ2v) is 3.56. The SMILES string of the molecule is CCC(=N)C1CCCCCC1=N. The quantitative estimate of drug-likeness (QED) is 0.468. The monoisotopic (exact) mass is 166 g/mol. The lowest BCUT2D eigenvalue weighted by Crippen LogP contribution is -2.20. The molecule has 0 spiro atoms. The smallest absolute Gasteiger partial charge is 0.0343 e. The average Bonchev–Trinajstić information content (AvgIpc) is 2.28. The van der Waals surface area contributed by atoms with Crippen LogP contribution in [0.25, 0.3) is 0 Å². The number of rotatable bonds is 2. The Morgan fingerprint density at radius 2 is 2.17 bits per heavy atom. The van der Waals surface area contributed by atoms with Crippen LogP contribution in [0.15, 0.2) is 0 Å². The van der Waals surface area contributed by atoms with Crippen LogP contribution >= 0.6 is 0 Å². The fourth-order valence-electron chi connectivity index (χ4n) is 1.82. The minimum atomic E-state index is 0.192. The van der Waals surface area contributed by atoms with Crippen molar-refractivity contribution in [3.63, 3.8) is 0 Å². The molecule has 0 aromatic heterocycles. The van der Waals surface area contributed by atoms with Gasteiger partial charge >= 0.3 is 0 Å². The van der Waals surface area contributed by atoms with Crippen molar-refractivity contribution in [3.05, 3.63) is 0 Å². The van der Waals surface area contributed by atoms with Gasteiger partial charge in [-0.1, -0.05) is 19.8 Å². The van der Waals surface area contributed by atoms with E-state index in [0.29, 0.717) is 0 Å². The van der Waals surface area contributed by atoms with Crippen molar-refractivity contribution in [1.82, 2.24) is 0 Å². The van der Waals surface area contributed by atoms with Gasteiger partial charge in [0.15, 0.2) is 0 Å². The molecule has 1 saturated carbocycles. The molecule has 0 saturated heterocycles. The molecule has 1 rings (SSSR count). The standard InChI is InChI=1S/C10H18N2/c1-2-9(11)8-6-4-3-5-7-10(8)12/h8,11-12H,2-7H2,1H3. The van der Waals surface area contributed by atoms with E-state index in [9.17, 15) is 0 Å². The Bertz CT molecular complexity index is 184. The summed E-state index contributed by atoms with van der Waals surface area (Å²) in [5, 5.41) is 15.5. The summed E-state index contributed by atoms with van der Waals surface area (Å²) in [6.07, 6.45) is 6.39. The number of hydrogen-bond acceptors (Lipinski definition) is 2. The molecule has 0 radical (unpaired) electrons. The molecular formula is C10H18N2. The molecule has 1 fully saturated rings. The fraction of sp³-hybridized carbons (Fsp3) is 0.800. The summed E-state index contributed by atoms with van der Waals surface area (Å²) in [4.78, 5) is 0. The lowest BCUT2D eigenvalue weighted by atomic mass is 9.91. The lowest BCUT2D eigenvalue weighted by Gasteiger charge is -2.14. The molecule has 0 aliphatic heterocycles. The van der Waals surface area contributed by atoms with Crippen molar-refractivity contribution in [2.75, 3.05) is 0 Å². The Balaban J connectivity index is 2.59. The molecule has 0 heterocycles. The summed E-state index contributed by atoms with van der Waals surface area (Å²) in [6, 6.07) is 0. The van der Waals surface area contributed by atoms with Gasteiger partial charge in [-0.05, 0) is 25.7 Å². The largest absolute Gasteiger partial charge is 0.309 e. The second kappa shape index (κ2) is 4.39. The summed E-state index contributed by atoms with van der Waals surface area (Å²) >= 11 is 0. The molecule has 0 bridgehead atoms. The van der Waals surface area contributed by atoms with Crippen LogP contribution < -0.4 is 0 Å². The molecule has 2 nitrogen and oxygen atoms in total. The maximum absolute atomic E-state index is 7.78. The maximum Gasteiger partial charge on any atom is 0.0343 e. The number of hydrogen-bond donors (Lipinski definition) is 2. The van der Waals surface area contributed by atoms with Gasteiger partial charge in [0.1, 0.15) is 0 Å². The van der Waals surface area contributed by atoms with Crippen LogP contribution in [0, 0.1) is 16.7 Å². The molecule has 0 aromatic rings. The van der Waals surface area contributed by atoms with Crippen molar-refractivity contribution in [3.8, 4) is 0 Å². The van der Waals surface area contributed by atoms with E-state index in [4.69, 9.17) is 10.8 Å². The molecule has 1 atom stereocenters. The van der Waals surface area contributed by atoms with Crippen LogP contribution in [0.3, 0.4) is 0 Å². The Kier molecular flexibility index (Phi) is 3.45.